The second kappa shape index (κ2) is 13.4. The lowest BCUT2D eigenvalue weighted by atomic mass is 10.1. The van der Waals surface area contributed by atoms with Gasteiger partial charge in [0.2, 0.25) is 0 Å². The molecule has 1 unspecified atom stereocenters. The molecular weight excluding hydrogens is 469 g/mol. The normalized spacial score (nSPS) is 12.4. The molecular formula is C20H32IN5O2. The van der Waals surface area contributed by atoms with E-state index in [4.69, 9.17) is 4.74 Å². The molecule has 0 amide bonds. The van der Waals surface area contributed by atoms with Crippen molar-refractivity contribution in [3.63, 3.8) is 0 Å². The van der Waals surface area contributed by atoms with Crippen molar-refractivity contribution in [2.75, 3.05) is 19.6 Å². The molecule has 1 aromatic heterocycles. The highest BCUT2D eigenvalue weighted by Crippen LogP contribution is 2.20. The lowest BCUT2D eigenvalue weighted by Crippen LogP contribution is -2.38. The zero-order chi connectivity index (χ0) is 19.5. The standard InChI is InChI=1S/C20H31N5O2.HI/c1-4-22-20(23-9-6-11-25-12-10-21-15-25)24-14-19(26)17-7-5-8-18(13-17)27-16(2)3;/h5,7-8,10,12-13,15-16,19,26H,4,6,9,11,14H2,1-3H3,(H2,22,23,24);1H. The van der Waals surface area contributed by atoms with Gasteiger partial charge in [-0.15, -0.1) is 24.0 Å². The van der Waals surface area contributed by atoms with Crippen LogP contribution in [0.3, 0.4) is 0 Å². The summed E-state index contributed by atoms with van der Waals surface area (Å²) in [4.78, 5) is 8.53. The molecule has 0 aliphatic heterocycles. The molecule has 0 radical (unpaired) electrons. The van der Waals surface area contributed by atoms with Crippen molar-refractivity contribution in [1.82, 2.24) is 20.2 Å². The Morgan fingerprint density at radius 2 is 2.14 bits per heavy atom. The van der Waals surface area contributed by atoms with Gasteiger partial charge in [0.15, 0.2) is 5.96 Å². The number of imidazole rings is 1. The van der Waals surface area contributed by atoms with Gasteiger partial charge >= 0.3 is 0 Å². The van der Waals surface area contributed by atoms with E-state index in [2.05, 4.69) is 20.6 Å². The average Bonchev–Trinajstić information content (AvgIpc) is 3.16. The van der Waals surface area contributed by atoms with Crippen LogP contribution in [0.5, 0.6) is 5.75 Å². The predicted molar refractivity (Wildman–Crippen MR) is 123 cm³/mol. The van der Waals surface area contributed by atoms with Crippen molar-refractivity contribution in [2.45, 2.75) is 45.9 Å². The molecule has 1 atom stereocenters. The van der Waals surface area contributed by atoms with Crippen LogP contribution in [0.15, 0.2) is 48.0 Å². The molecule has 0 aliphatic carbocycles. The molecule has 0 bridgehead atoms. The van der Waals surface area contributed by atoms with Gasteiger partial charge in [0.25, 0.3) is 0 Å². The van der Waals surface area contributed by atoms with Crippen LogP contribution in [0.1, 0.15) is 38.9 Å². The number of aliphatic imine (C=N–C) groups is 1. The quantitative estimate of drug-likeness (QED) is 0.202. The summed E-state index contributed by atoms with van der Waals surface area (Å²) in [6.45, 7) is 8.72. The maximum absolute atomic E-state index is 10.5. The van der Waals surface area contributed by atoms with Crippen molar-refractivity contribution in [1.29, 1.82) is 0 Å². The third-order valence-corrected chi connectivity index (χ3v) is 3.83. The van der Waals surface area contributed by atoms with Crippen molar-refractivity contribution >= 4 is 29.9 Å². The maximum atomic E-state index is 10.5. The van der Waals surface area contributed by atoms with Crippen LogP contribution in [-0.2, 0) is 6.54 Å². The Labute approximate surface area is 184 Å². The number of hydrogen-bond acceptors (Lipinski definition) is 4. The lowest BCUT2D eigenvalue weighted by molar-refractivity contribution is 0.185. The minimum absolute atomic E-state index is 0. The van der Waals surface area contributed by atoms with Crippen LogP contribution >= 0.6 is 24.0 Å². The number of nitrogens with zero attached hydrogens (tertiary/aromatic N) is 3. The van der Waals surface area contributed by atoms with E-state index in [9.17, 15) is 5.11 Å². The van der Waals surface area contributed by atoms with Gasteiger partial charge in [0.1, 0.15) is 5.75 Å². The lowest BCUT2D eigenvalue weighted by Gasteiger charge is -2.15. The van der Waals surface area contributed by atoms with Gasteiger partial charge in [0.05, 0.1) is 25.1 Å². The van der Waals surface area contributed by atoms with Crippen LogP contribution in [-0.4, -0.2) is 46.4 Å². The van der Waals surface area contributed by atoms with E-state index >= 15 is 0 Å². The number of halogens is 1. The van der Waals surface area contributed by atoms with Crippen LogP contribution in [0.25, 0.3) is 0 Å². The first-order chi connectivity index (χ1) is 13.1. The summed E-state index contributed by atoms with van der Waals surface area (Å²) in [5, 5.41) is 17.0. The second-order valence-corrected chi connectivity index (χ2v) is 6.56. The summed E-state index contributed by atoms with van der Waals surface area (Å²) in [6, 6.07) is 7.54. The third kappa shape index (κ3) is 8.92. The van der Waals surface area contributed by atoms with Gasteiger partial charge in [0, 0.05) is 32.0 Å². The summed E-state index contributed by atoms with van der Waals surface area (Å²) in [6.07, 6.45) is 5.92. The summed E-state index contributed by atoms with van der Waals surface area (Å²) < 4.78 is 7.73. The number of guanidine groups is 1. The van der Waals surface area contributed by atoms with Crippen molar-refractivity contribution in [3.8, 4) is 5.75 Å². The number of hydrogen-bond donors (Lipinski definition) is 3. The molecule has 0 saturated carbocycles. The Balaban J connectivity index is 0.00000392. The minimum atomic E-state index is -0.679. The first-order valence-electron chi connectivity index (χ1n) is 9.51. The fourth-order valence-electron chi connectivity index (χ4n) is 2.58. The zero-order valence-corrected chi connectivity index (χ0v) is 19.2. The largest absolute Gasteiger partial charge is 0.491 e. The summed E-state index contributed by atoms with van der Waals surface area (Å²) in [5.41, 5.74) is 0.799. The zero-order valence-electron chi connectivity index (χ0n) is 16.8. The number of benzene rings is 1. The number of aromatic nitrogens is 2. The summed E-state index contributed by atoms with van der Waals surface area (Å²) in [7, 11) is 0. The molecule has 156 valence electrons. The molecule has 8 heteroatoms. The van der Waals surface area contributed by atoms with Gasteiger partial charge in [-0.1, -0.05) is 12.1 Å². The van der Waals surface area contributed by atoms with E-state index in [0.717, 1.165) is 37.4 Å². The summed E-state index contributed by atoms with van der Waals surface area (Å²) >= 11 is 0. The van der Waals surface area contributed by atoms with Crippen molar-refractivity contribution in [2.24, 2.45) is 4.99 Å². The second-order valence-electron chi connectivity index (χ2n) is 6.56. The molecule has 28 heavy (non-hydrogen) atoms. The van der Waals surface area contributed by atoms with Crippen molar-refractivity contribution in [3.05, 3.63) is 48.5 Å². The topological polar surface area (TPSA) is 83.7 Å². The SMILES string of the molecule is CCNC(=NCC(O)c1cccc(OC(C)C)c1)NCCCn1ccnc1.I. The smallest absolute Gasteiger partial charge is 0.191 e. The molecule has 7 nitrogen and oxygen atoms in total. The van der Waals surface area contributed by atoms with Crippen LogP contribution in [0, 0.1) is 0 Å². The van der Waals surface area contributed by atoms with Crippen LogP contribution in [0.2, 0.25) is 0 Å². The third-order valence-electron chi connectivity index (χ3n) is 3.83. The summed E-state index contributed by atoms with van der Waals surface area (Å²) in [5.74, 6) is 1.46. The number of ether oxygens (including phenoxy) is 1. The number of aliphatic hydroxyl groups is 1. The number of aliphatic hydroxyl groups excluding tert-OH is 1. The molecule has 3 N–H and O–H groups in total. The number of rotatable bonds is 10. The van der Waals surface area contributed by atoms with E-state index in [1.54, 1.807) is 6.20 Å². The molecule has 1 aromatic carbocycles. The van der Waals surface area contributed by atoms with Gasteiger partial charge in [-0.2, -0.15) is 0 Å². The van der Waals surface area contributed by atoms with E-state index in [1.165, 1.54) is 0 Å². The monoisotopic (exact) mass is 501 g/mol. The highest BCUT2D eigenvalue weighted by molar-refractivity contribution is 14.0. The fraction of sp³-hybridized carbons (Fsp3) is 0.500. The van der Waals surface area contributed by atoms with E-state index in [0.29, 0.717) is 5.96 Å². The molecule has 2 aromatic rings. The molecule has 0 fully saturated rings. The molecule has 1 heterocycles. The molecule has 2 rings (SSSR count). The molecule has 0 aliphatic rings. The van der Waals surface area contributed by atoms with Gasteiger partial charge in [-0.25, -0.2) is 4.98 Å². The van der Waals surface area contributed by atoms with Gasteiger partial charge in [-0.3, -0.25) is 4.99 Å². The Kier molecular flexibility index (Phi) is 11.6. The predicted octanol–water partition coefficient (Wildman–Crippen LogP) is 2.97. The van der Waals surface area contributed by atoms with Gasteiger partial charge in [-0.05, 0) is 44.9 Å². The molecule has 0 spiro atoms. The van der Waals surface area contributed by atoms with Gasteiger partial charge < -0.3 is 25.0 Å². The number of aryl methyl sites for hydroxylation is 1. The van der Waals surface area contributed by atoms with Crippen LogP contribution < -0.4 is 15.4 Å². The highest BCUT2D eigenvalue weighted by atomic mass is 127. The highest BCUT2D eigenvalue weighted by Gasteiger charge is 2.09. The number of nitrogens with one attached hydrogen (secondary N) is 2. The molecule has 0 saturated heterocycles. The Bertz CT molecular complexity index is 692. The minimum Gasteiger partial charge on any atom is -0.491 e. The fourth-order valence-corrected chi connectivity index (χ4v) is 2.58. The maximum Gasteiger partial charge on any atom is 0.191 e. The van der Waals surface area contributed by atoms with E-state index in [1.807, 2.05) is 62.1 Å². The Hall–Kier alpha value is -1.81. The van der Waals surface area contributed by atoms with Crippen LogP contribution in [0.4, 0.5) is 0 Å². The van der Waals surface area contributed by atoms with Crippen molar-refractivity contribution < 1.29 is 9.84 Å². The first kappa shape index (κ1) is 24.2. The Morgan fingerprint density at radius 1 is 1.32 bits per heavy atom. The van der Waals surface area contributed by atoms with E-state index < -0.39 is 6.10 Å². The average molecular weight is 501 g/mol. The Morgan fingerprint density at radius 3 is 2.82 bits per heavy atom. The first-order valence-corrected chi connectivity index (χ1v) is 9.51. The van der Waals surface area contributed by atoms with E-state index in [-0.39, 0.29) is 36.6 Å².